The third-order valence-electron chi connectivity index (χ3n) is 4.73. The zero-order valence-corrected chi connectivity index (χ0v) is 12.0. The van der Waals surface area contributed by atoms with Gasteiger partial charge in [-0.15, -0.1) is 0 Å². The van der Waals surface area contributed by atoms with E-state index in [9.17, 15) is 0 Å². The molecule has 0 aliphatic heterocycles. The Kier molecular flexibility index (Phi) is 3.36. The fraction of sp³-hybridized carbons (Fsp3) is 0.529. The van der Waals surface area contributed by atoms with E-state index in [1.165, 1.54) is 42.3 Å². The molecule has 0 spiro atoms. The fourth-order valence-corrected chi connectivity index (χ4v) is 2.93. The lowest BCUT2D eigenvalue weighted by Gasteiger charge is -2.18. The zero-order chi connectivity index (χ0) is 13.3. The molecule has 1 fully saturated rings. The molecule has 1 aromatic heterocycles. The summed E-state index contributed by atoms with van der Waals surface area (Å²) >= 11 is 0. The van der Waals surface area contributed by atoms with Gasteiger partial charge in [0.25, 0.3) is 0 Å². The van der Waals surface area contributed by atoms with Crippen molar-refractivity contribution in [2.24, 2.45) is 5.41 Å². The second-order valence-electron chi connectivity index (χ2n) is 6.20. The topological polar surface area (TPSA) is 27.8 Å². The molecular formula is C17H24N2. The maximum absolute atomic E-state index is 3.73. The van der Waals surface area contributed by atoms with Crippen LogP contribution < -0.4 is 5.32 Å². The third kappa shape index (κ3) is 2.69. The first-order valence-electron chi connectivity index (χ1n) is 7.51. The van der Waals surface area contributed by atoms with Crippen molar-refractivity contribution in [1.82, 2.24) is 10.3 Å². The van der Waals surface area contributed by atoms with Gasteiger partial charge in [-0.3, -0.25) is 0 Å². The first-order valence-corrected chi connectivity index (χ1v) is 7.51. The number of hydrogen-bond acceptors (Lipinski definition) is 1. The molecule has 1 heterocycles. The van der Waals surface area contributed by atoms with Crippen LogP contribution in [0.25, 0.3) is 10.9 Å². The molecule has 3 rings (SSSR count). The smallest absolute Gasteiger partial charge is 0.0456 e. The zero-order valence-electron chi connectivity index (χ0n) is 12.0. The summed E-state index contributed by atoms with van der Waals surface area (Å²) in [6, 6.07) is 9.11. The van der Waals surface area contributed by atoms with Gasteiger partial charge in [0.15, 0.2) is 0 Å². The van der Waals surface area contributed by atoms with Crippen LogP contribution in [0.5, 0.6) is 0 Å². The van der Waals surface area contributed by atoms with Gasteiger partial charge >= 0.3 is 0 Å². The van der Waals surface area contributed by atoms with Crippen molar-refractivity contribution in [3.63, 3.8) is 0 Å². The van der Waals surface area contributed by atoms with Gasteiger partial charge in [-0.1, -0.05) is 25.1 Å². The molecule has 1 atom stereocenters. The molecule has 0 radical (unpaired) electrons. The van der Waals surface area contributed by atoms with Crippen LogP contribution in [0.3, 0.4) is 0 Å². The van der Waals surface area contributed by atoms with Crippen molar-refractivity contribution in [2.45, 2.75) is 45.6 Å². The Hall–Kier alpha value is -1.28. The van der Waals surface area contributed by atoms with E-state index in [2.05, 4.69) is 54.6 Å². The fourth-order valence-electron chi connectivity index (χ4n) is 2.93. The number of para-hydroxylation sites is 1. The van der Waals surface area contributed by atoms with Crippen molar-refractivity contribution < 1.29 is 0 Å². The number of hydrogen-bond donors (Lipinski definition) is 2. The van der Waals surface area contributed by atoms with E-state index in [-0.39, 0.29) is 0 Å². The molecule has 1 saturated carbocycles. The van der Waals surface area contributed by atoms with E-state index >= 15 is 0 Å². The Morgan fingerprint density at radius 2 is 2.11 bits per heavy atom. The predicted molar refractivity (Wildman–Crippen MR) is 81.4 cm³/mol. The predicted octanol–water partition coefficient (Wildman–Crippen LogP) is 3.88. The summed E-state index contributed by atoms with van der Waals surface area (Å²) in [6.07, 6.45) is 7.41. The molecule has 1 aliphatic carbocycles. The summed E-state index contributed by atoms with van der Waals surface area (Å²) in [7, 11) is 0. The molecule has 0 amide bonds. The maximum Gasteiger partial charge on any atom is 0.0456 e. The van der Waals surface area contributed by atoms with Crippen molar-refractivity contribution >= 4 is 10.9 Å². The summed E-state index contributed by atoms with van der Waals surface area (Å²) in [4.78, 5) is 3.36. The second-order valence-corrected chi connectivity index (χ2v) is 6.20. The van der Waals surface area contributed by atoms with Crippen LogP contribution in [0.15, 0.2) is 30.5 Å². The minimum absolute atomic E-state index is 0.545. The van der Waals surface area contributed by atoms with Gasteiger partial charge < -0.3 is 10.3 Å². The first-order chi connectivity index (χ1) is 9.22. The molecule has 1 aromatic carbocycles. The minimum Gasteiger partial charge on any atom is -0.361 e. The van der Waals surface area contributed by atoms with Crippen molar-refractivity contribution in [1.29, 1.82) is 0 Å². The number of rotatable bonds is 6. The van der Waals surface area contributed by atoms with Crippen LogP contribution >= 0.6 is 0 Å². The van der Waals surface area contributed by atoms with Crippen LogP contribution in [0, 0.1) is 5.41 Å². The van der Waals surface area contributed by atoms with Gasteiger partial charge in [-0.05, 0) is 49.7 Å². The molecule has 2 aromatic rings. The molecule has 0 bridgehead atoms. The molecule has 19 heavy (non-hydrogen) atoms. The Morgan fingerprint density at radius 1 is 1.32 bits per heavy atom. The van der Waals surface area contributed by atoms with E-state index in [1.54, 1.807) is 0 Å². The van der Waals surface area contributed by atoms with Gasteiger partial charge in [-0.2, -0.15) is 0 Å². The number of aromatic nitrogens is 1. The van der Waals surface area contributed by atoms with Gasteiger partial charge in [0.1, 0.15) is 0 Å². The number of aromatic amines is 1. The molecule has 2 N–H and O–H groups in total. The highest BCUT2D eigenvalue weighted by molar-refractivity contribution is 5.83. The van der Waals surface area contributed by atoms with Gasteiger partial charge in [0, 0.05) is 29.7 Å². The van der Waals surface area contributed by atoms with E-state index in [0.717, 1.165) is 6.42 Å². The summed E-state index contributed by atoms with van der Waals surface area (Å²) < 4.78 is 0. The first kappa shape index (κ1) is 12.7. The second kappa shape index (κ2) is 5.01. The highest BCUT2D eigenvalue weighted by atomic mass is 14.9. The standard InChI is InChI=1S/C17H24N2/c1-3-17(8-9-17)12-19-13(2)10-14-11-18-16-7-5-4-6-15(14)16/h4-7,11,13,18-19H,3,8-10,12H2,1-2H3. The summed E-state index contributed by atoms with van der Waals surface area (Å²) in [5, 5.41) is 5.09. The highest BCUT2D eigenvalue weighted by Crippen LogP contribution is 2.47. The van der Waals surface area contributed by atoms with E-state index in [4.69, 9.17) is 0 Å². The largest absolute Gasteiger partial charge is 0.361 e. The lowest BCUT2D eigenvalue weighted by molar-refractivity contribution is 0.409. The number of fused-ring (bicyclic) bond motifs is 1. The van der Waals surface area contributed by atoms with Crippen LogP contribution in [-0.2, 0) is 6.42 Å². The van der Waals surface area contributed by atoms with Crippen LogP contribution in [0.1, 0.15) is 38.7 Å². The maximum atomic E-state index is 3.73. The number of benzene rings is 1. The van der Waals surface area contributed by atoms with Gasteiger partial charge in [-0.25, -0.2) is 0 Å². The van der Waals surface area contributed by atoms with E-state index in [0.29, 0.717) is 11.5 Å². The molecule has 102 valence electrons. The van der Waals surface area contributed by atoms with E-state index < -0.39 is 0 Å². The normalized spacial score (nSPS) is 18.6. The van der Waals surface area contributed by atoms with Crippen molar-refractivity contribution in [3.05, 3.63) is 36.0 Å². The molecule has 2 nitrogen and oxygen atoms in total. The lowest BCUT2D eigenvalue weighted by Crippen LogP contribution is -2.33. The van der Waals surface area contributed by atoms with Crippen LogP contribution in [0.4, 0.5) is 0 Å². The molecule has 1 aliphatic rings. The summed E-state index contributed by atoms with van der Waals surface area (Å²) in [5.74, 6) is 0. The molecule has 0 saturated heterocycles. The van der Waals surface area contributed by atoms with Crippen LogP contribution in [-0.4, -0.2) is 17.6 Å². The van der Waals surface area contributed by atoms with Crippen molar-refractivity contribution in [2.75, 3.05) is 6.54 Å². The summed E-state index contributed by atoms with van der Waals surface area (Å²) in [5.41, 5.74) is 3.31. The third-order valence-corrected chi connectivity index (χ3v) is 4.73. The number of nitrogens with one attached hydrogen (secondary N) is 2. The average Bonchev–Trinajstić information content (AvgIpc) is 3.13. The lowest BCUT2D eigenvalue weighted by atomic mass is 10.0. The molecule has 1 unspecified atom stereocenters. The van der Waals surface area contributed by atoms with Gasteiger partial charge in [0.2, 0.25) is 0 Å². The Morgan fingerprint density at radius 3 is 2.84 bits per heavy atom. The molecular weight excluding hydrogens is 232 g/mol. The average molecular weight is 256 g/mol. The van der Waals surface area contributed by atoms with E-state index in [1.807, 2.05) is 0 Å². The minimum atomic E-state index is 0.545. The summed E-state index contributed by atoms with van der Waals surface area (Å²) in [6.45, 7) is 5.81. The highest BCUT2D eigenvalue weighted by Gasteiger charge is 2.40. The Balaban J connectivity index is 1.61. The Bertz CT molecular complexity index is 551. The van der Waals surface area contributed by atoms with Crippen LogP contribution in [0.2, 0.25) is 0 Å². The molecule has 2 heteroatoms. The monoisotopic (exact) mass is 256 g/mol. The Labute approximate surface area is 115 Å². The van der Waals surface area contributed by atoms with Gasteiger partial charge in [0.05, 0.1) is 0 Å². The number of H-pyrrole nitrogens is 1. The quantitative estimate of drug-likeness (QED) is 0.806. The SMILES string of the molecule is CCC1(CNC(C)Cc2c[nH]c3ccccc23)CC1. The van der Waals surface area contributed by atoms with Crippen molar-refractivity contribution in [3.8, 4) is 0 Å².